The average molecular weight is 285 g/mol. The zero-order chi connectivity index (χ0) is 14.4. The summed E-state index contributed by atoms with van der Waals surface area (Å²) < 4.78 is 4.64. The molecule has 1 aromatic rings. The maximum absolute atomic E-state index is 11.8. The Balaban J connectivity index is 2.65. The molecule has 0 saturated heterocycles. The third-order valence-corrected chi connectivity index (χ3v) is 2.73. The molecule has 0 aliphatic heterocycles. The second-order valence-electron chi connectivity index (χ2n) is 4.35. The van der Waals surface area contributed by atoms with Crippen LogP contribution in [0.1, 0.15) is 13.8 Å². The molecule has 0 radical (unpaired) electrons. The minimum Gasteiger partial charge on any atom is -0.467 e. The second-order valence-corrected chi connectivity index (χ2v) is 4.79. The number of halogens is 1. The number of methoxy groups -OCH3 is 1. The summed E-state index contributed by atoms with van der Waals surface area (Å²) in [6.45, 7) is 3.64. The minimum atomic E-state index is -0.691. The molecule has 2 N–H and O–H groups in total. The fourth-order valence-corrected chi connectivity index (χ4v) is 1.69. The normalized spacial score (nSPS) is 11.8. The van der Waals surface area contributed by atoms with Crippen molar-refractivity contribution in [3.05, 3.63) is 29.3 Å². The Morgan fingerprint density at radius 3 is 2.53 bits per heavy atom. The van der Waals surface area contributed by atoms with E-state index in [1.54, 1.807) is 24.3 Å². The lowest BCUT2D eigenvalue weighted by atomic mass is 10.1. The number of anilines is 1. The first-order chi connectivity index (χ1) is 8.93. The van der Waals surface area contributed by atoms with Crippen LogP contribution in [0.5, 0.6) is 0 Å². The Labute approximate surface area is 117 Å². The molecule has 19 heavy (non-hydrogen) atoms. The van der Waals surface area contributed by atoms with Crippen LogP contribution in [0.3, 0.4) is 0 Å². The first-order valence-corrected chi connectivity index (χ1v) is 6.22. The Kier molecular flexibility index (Phi) is 5.63. The van der Waals surface area contributed by atoms with Crippen molar-refractivity contribution in [1.82, 2.24) is 5.32 Å². The van der Waals surface area contributed by atoms with E-state index in [4.69, 9.17) is 11.6 Å². The van der Waals surface area contributed by atoms with Gasteiger partial charge >= 0.3 is 12.0 Å². The smallest absolute Gasteiger partial charge is 0.328 e. The van der Waals surface area contributed by atoms with Crippen LogP contribution in [0, 0.1) is 5.92 Å². The molecule has 0 saturated carbocycles. The van der Waals surface area contributed by atoms with Gasteiger partial charge in [-0.3, -0.25) is 0 Å². The second kappa shape index (κ2) is 6.99. The molecule has 1 rings (SSSR count). The molecule has 6 heteroatoms. The van der Waals surface area contributed by atoms with Crippen molar-refractivity contribution in [2.24, 2.45) is 5.92 Å². The van der Waals surface area contributed by atoms with E-state index in [1.165, 1.54) is 7.11 Å². The van der Waals surface area contributed by atoms with E-state index in [2.05, 4.69) is 15.4 Å². The molecule has 1 aromatic carbocycles. The van der Waals surface area contributed by atoms with E-state index in [-0.39, 0.29) is 5.92 Å². The molecule has 104 valence electrons. The van der Waals surface area contributed by atoms with Crippen molar-refractivity contribution in [2.45, 2.75) is 19.9 Å². The van der Waals surface area contributed by atoms with Crippen molar-refractivity contribution < 1.29 is 14.3 Å². The van der Waals surface area contributed by atoms with E-state index < -0.39 is 18.0 Å². The summed E-state index contributed by atoms with van der Waals surface area (Å²) >= 11 is 5.81. The molecule has 0 aromatic heterocycles. The molecule has 0 heterocycles. The highest BCUT2D eigenvalue weighted by Gasteiger charge is 2.24. The summed E-state index contributed by atoms with van der Waals surface area (Å²) in [4.78, 5) is 23.3. The number of benzene rings is 1. The van der Waals surface area contributed by atoms with Gasteiger partial charge in [0.2, 0.25) is 0 Å². The minimum absolute atomic E-state index is 0.0717. The van der Waals surface area contributed by atoms with E-state index in [0.29, 0.717) is 10.7 Å². The van der Waals surface area contributed by atoms with Crippen LogP contribution in [0.2, 0.25) is 5.02 Å². The summed E-state index contributed by atoms with van der Waals surface area (Å²) in [5.41, 5.74) is 0.553. The molecule has 0 aliphatic rings. The number of rotatable bonds is 4. The van der Waals surface area contributed by atoms with Crippen LogP contribution in [0.25, 0.3) is 0 Å². The third-order valence-electron chi connectivity index (χ3n) is 2.49. The zero-order valence-electron chi connectivity index (χ0n) is 11.1. The number of amides is 2. The monoisotopic (exact) mass is 284 g/mol. The van der Waals surface area contributed by atoms with Gasteiger partial charge < -0.3 is 15.4 Å². The molecule has 0 bridgehead atoms. The number of hydrogen-bond donors (Lipinski definition) is 2. The quantitative estimate of drug-likeness (QED) is 0.835. The van der Waals surface area contributed by atoms with E-state index in [9.17, 15) is 9.59 Å². The molecule has 0 spiro atoms. The lowest BCUT2D eigenvalue weighted by Gasteiger charge is -2.20. The van der Waals surface area contributed by atoms with Gasteiger partial charge in [0.05, 0.1) is 7.11 Å². The van der Waals surface area contributed by atoms with Gasteiger partial charge in [0, 0.05) is 10.7 Å². The molecule has 0 fully saturated rings. The van der Waals surface area contributed by atoms with E-state index in [0.717, 1.165) is 0 Å². The highest BCUT2D eigenvalue weighted by molar-refractivity contribution is 6.30. The summed E-state index contributed by atoms with van der Waals surface area (Å²) in [5.74, 6) is -0.547. The van der Waals surface area contributed by atoms with E-state index >= 15 is 0 Å². The Bertz CT molecular complexity index is 463. The standard InChI is InChI=1S/C13H17ClN2O3/c1-8(2)11(12(17)19-3)16-13(18)15-10-6-4-5-9(14)7-10/h4-8,11H,1-3H3,(H2,15,16,18). The lowest BCUT2D eigenvalue weighted by molar-refractivity contribution is -0.143. The Hall–Kier alpha value is -1.75. The highest BCUT2D eigenvalue weighted by atomic mass is 35.5. The van der Waals surface area contributed by atoms with Crippen LogP contribution >= 0.6 is 11.6 Å². The average Bonchev–Trinajstić information content (AvgIpc) is 2.34. The predicted molar refractivity (Wildman–Crippen MR) is 74.2 cm³/mol. The number of carbonyl (C=O) groups excluding carboxylic acids is 2. The van der Waals surface area contributed by atoms with Gasteiger partial charge in [-0.25, -0.2) is 9.59 Å². The lowest BCUT2D eigenvalue weighted by Crippen LogP contribution is -2.46. The summed E-state index contributed by atoms with van der Waals surface area (Å²) in [6.07, 6.45) is 0. The topological polar surface area (TPSA) is 67.4 Å². The molecule has 2 amide bonds. The molecule has 5 nitrogen and oxygen atoms in total. The number of ether oxygens (including phenoxy) is 1. The van der Waals surface area contributed by atoms with Gasteiger partial charge in [0.25, 0.3) is 0 Å². The maximum Gasteiger partial charge on any atom is 0.328 e. The van der Waals surface area contributed by atoms with Gasteiger partial charge in [0.15, 0.2) is 0 Å². The third kappa shape index (κ3) is 4.79. The van der Waals surface area contributed by atoms with Crippen molar-refractivity contribution in [3.8, 4) is 0 Å². The molecule has 1 atom stereocenters. The van der Waals surface area contributed by atoms with Crippen LogP contribution in [0.4, 0.5) is 10.5 Å². The molecular formula is C13H17ClN2O3. The first-order valence-electron chi connectivity index (χ1n) is 5.85. The van der Waals surface area contributed by atoms with Gasteiger partial charge in [-0.2, -0.15) is 0 Å². The van der Waals surface area contributed by atoms with Crippen molar-refractivity contribution >= 4 is 29.3 Å². The van der Waals surface area contributed by atoms with Gasteiger partial charge in [-0.15, -0.1) is 0 Å². The van der Waals surface area contributed by atoms with Crippen molar-refractivity contribution in [1.29, 1.82) is 0 Å². The Morgan fingerprint density at radius 2 is 2.00 bits per heavy atom. The SMILES string of the molecule is COC(=O)C(NC(=O)Nc1cccc(Cl)c1)C(C)C. The van der Waals surface area contributed by atoms with Gasteiger partial charge in [-0.1, -0.05) is 31.5 Å². The predicted octanol–water partition coefficient (Wildman–Crippen LogP) is 2.66. The highest BCUT2D eigenvalue weighted by Crippen LogP contribution is 2.14. The Morgan fingerprint density at radius 1 is 1.32 bits per heavy atom. The number of urea groups is 1. The summed E-state index contributed by atoms with van der Waals surface area (Å²) in [5, 5.41) is 5.69. The maximum atomic E-state index is 11.8. The number of esters is 1. The largest absolute Gasteiger partial charge is 0.467 e. The van der Waals surface area contributed by atoms with Crippen LogP contribution in [-0.2, 0) is 9.53 Å². The summed E-state index contributed by atoms with van der Waals surface area (Å²) in [6, 6.07) is 5.57. The molecule has 0 aliphatic carbocycles. The number of hydrogen-bond acceptors (Lipinski definition) is 3. The van der Waals surface area contributed by atoms with Gasteiger partial charge in [-0.05, 0) is 24.1 Å². The summed E-state index contributed by atoms with van der Waals surface area (Å²) in [7, 11) is 1.29. The van der Waals surface area contributed by atoms with Crippen molar-refractivity contribution in [2.75, 3.05) is 12.4 Å². The zero-order valence-corrected chi connectivity index (χ0v) is 11.8. The fourth-order valence-electron chi connectivity index (χ4n) is 1.50. The van der Waals surface area contributed by atoms with Crippen LogP contribution in [-0.4, -0.2) is 25.2 Å². The van der Waals surface area contributed by atoms with Gasteiger partial charge in [0.1, 0.15) is 6.04 Å². The first kappa shape index (κ1) is 15.3. The fraction of sp³-hybridized carbons (Fsp3) is 0.385. The van der Waals surface area contributed by atoms with Crippen LogP contribution < -0.4 is 10.6 Å². The van der Waals surface area contributed by atoms with E-state index in [1.807, 2.05) is 13.8 Å². The number of carbonyl (C=O) groups is 2. The van der Waals surface area contributed by atoms with Crippen molar-refractivity contribution in [3.63, 3.8) is 0 Å². The number of nitrogens with one attached hydrogen (secondary N) is 2. The van der Waals surface area contributed by atoms with Crippen LogP contribution in [0.15, 0.2) is 24.3 Å². The molecular weight excluding hydrogens is 268 g/mol. The molecule has 1 unspecified atom stereocenters.